The molecule has 0 radical (unpaired) electrons. The summed E-state index contributed by atoms with van der Waals surface area (Å²) in [6.45, 7) is 2.44. The summed E-state index contributed by atoms with van der Waals surface area (Å²) in [5.74, 6) is 2.67. The highest BCUT2D eigenvalue weighted by atomic mass is 16.5. The maximum Gasteiger partial charge on any atom is 0.225 e. The average molecular weight is 318 g/mol. The van der Waals surface area contributed by atoms with Crippen molar-refractivity contribution in [2.75, 3.05) is 13.7 Å². The largest absolute Gasteiger partial charge is 0.497 e. The Hall–Kier alpha value is -1.75. The fourth-order valence-corrected chi connectivity index (χ4v) is 4.02. The van der Waals surface area contributed by atoms with Crippen molar-refractivity contribution in [1.29, 1.82) is 0 Å². The van der Waals surface area contributed by atoms with Crippen LogP contribution < -0.4 is 20.5 Å². The molecule has 1 aromatic rings. The smallest absolute Gasteiger partial charge is 0.225 e. The highest BCUT2D eigenvalue weighted by Gasteiger charge is 2.48. The SMILES string of the molecule is COc1ccc(OC(C)CNC(=O)C2C3CCC(C3)C2N)cc1. The van der Waals surface area contributed by atoms with Gasteiger partial charge in [-0.25, -0.2) is 0 Å². The van der Waals surface area contributed by atoms with Gasteiger partial charge in [-0.1, -0.05) is 0 Å². The Bertz CT molecular complexity index is 544. The van der Waals surface area contributed by atoms with E-state index < -0.39 is 0 Å². The molecule has 3 N–H and O–H groups in total. The van der Waals surface area contributed by atoms with Crippen molar-refractivity contribution in [3.05, 3.63) is 24.3 Å². The van der Waals surface area contributed by atoms with E-state index in [1.54, 1.807) is 7.11 Å². The molecule has 1 aromatic carbocycles. The minimum absolute atomic E-state index is 0.0121. The van der Waals surface area contributed by atoms with Gasteiger partial charge in [0.05, 0.1) is 19.6 Å². The summed E-state index contributed by atoms with van der Waals surface area (Å²) in [7, 11) is 1.63. The molecule has 5 nitrogen and oxygen atoms in total. The minimum atomic E-state index is -0.0952. The summed E-state index contributed by atoms with van der Waals surface area (Å²) in [5.41, 5.74) is 6.22. The van der Waals surface area contributed by atoms with Gasteiger partial charge in [0.2, 0.25) is 5.91 Å². The van der Waals surface area contributed by atoms with Crippen LogP contribution >= 0.6 is 0 Å². The fourth-order valence-electron chi connectivity index (χ4n) is 4.02. The van der Waals surface area contributed by atoms with E-state index >= 15 is 0 Å². The first kappa shape index (κ1) is 16.1. The lowest BCUT2D eigenvalue weighted by Gasteiger charge is -2.27. The Balaban J connectivity index is 1.46. The number of amides is 1. The van der Waals surface area contributed by atoms with Gasteiger partial charge in [0.1, 0.15) is 17.6 Å². The van der Waals surface area contributed by atoms with Crippen molar-refractivity contribution in [3.63, 3.8) is 0 Å². The quantitative estimate of drug-likeness (QED) is 0.841. The molecule has 0 aromatic heterocycles. The van der Waals surface area contributed by atoms with Crippen molar-refractivity contribution in [1.82, 2.24) is 5.32 Å². The number of methoxy groups -OCH3 is 1. The van der Waals surface area contributed by atoms with E-state index in [2.05, 4.69) is 5.32 Å². The molecule has 0 saturated heterocycles. The number of rotatable bonds is 6. The molecule has 2 saturated carbocycles. The molecule has 2 aliphatic rings. The molecular weight excluding hydrogens is 292 g/mol. The molecule has 2 bridgehead atoms. The number of nitrogens with one attached hydrogen (secondary N) is 1. The highest BCUT2D eigenvalue weighted by molar-refractivity contribution is 5.80. The summed E-state index contributed by atoms with van der Waals surface area (Å²) in [6.07, 6.45) is 3.36. The first-order valence-electron chi connectivity index (χ1n) is 8.42. The molecule has 0 aliphatic heterocycles. The Morgan fingerprint density at radius 3 is 2.52 bits per heavy atom. The van der Waals surface area contributed by atoms with E-state index in [1.165, 1.54) is 6.42 Å². The first-order chi connectivity index (χ1) is 11.1. The standard InChI is InChI=1S/C18H26N2O3/c1-11(23-15-7-5-14(22-2)6-8-15)10-20-18(21)16-12-3-4-13(9-12)17(16)19/h5-8,11-13,16-17H,3-4,9-10,19H2,1-2H3,(H,20,21). The number of benzene rings is 1. The Kier molecular flexibility index (Phi) is 4.76. The van der Waals surface area contributed by atoms with Crippen LogP contribution in [-0.4, -0.2) is 31.7 Å². The number of fused-ring (bicyclic) bond motifs is 2. The van der Waals surface area contributed by atoms with Gasteiger partial charge in [-0.15, -0.1) is 0 Å². The lowest BCUT2D eigenvalue weighted by atomic mass is 9.84. The van der Waals surface area contributed by atoms with Crippen molar-refractivity contribution < 1.29 is 14.3 Å². The van der Waals surface area contributed by atoms with Crippen molar-refractivity contribution >= 4 is 5.91 Å². The normalized spacial score (nSPS) is 30.0. The van der Waals surface area contributed by atoms with Crippen LogP contribution in [0, 0.1) is 17.8 Å². The molecule has 1 amide bonds. The van der Waals surface area contributed by atoms with Crippen molar-refractivity contribution in [2.24, 2.45) is 23.5 Å². The first-order valence-corrected chi connectivity index (χ1v) is 8.42. The van der Waals surface area contributed by atoms with Crippen LogP contribution in [0.3, 0.4) is 0 Å². The molecule has 5 unspecified atom stereocenters. The van der Waals surface area contributed by atoms with Crippen molar-refractivity contribution in [2.45, 2.75) is 38.3 Å². The van der Waals surface area contributed by atoms with Gasteiger partial charge in [0.15, 0.2) is 0 Å². The van der Waals surface area contributed by atoms with Crippen LogP contribution in [0.1, 0.15) is 26.2 Å². The summed E-state index contributed by atoms with van der Waals surface area (Å²) >= 11 is 0. The number of carbonyl (C=O) groups is 1. The van der Waals surface area contributed by atoms with Gasteiger partial charge in [0, 0.05) is 6.04 Å². The number of hydrogen-bond acceptors (Lipinski definition) is 4. The minimum Gasteiger partial charge on any atom is -0.497 e. The highest BCUT2D eigenvalue weighted by Crippen LogP contribution is 2.47. The third kappa shape index (κ3) is 3.44. The Morgan fingerprint density at radius 1 is 1.26 bits per heavy atom. The monoisotopic (exact) mass is 318 g/mol. The van der Waals surface area contributed by atoms with E-state index in [0.29, 0.717) is 18.4 Å². The number of hydrogen-bond donors (Lipinski definition) is 2. The Morgan fingerprint density at radius 2 is 1.91 bits per heavy atom. The summed E-state index contributed by atoms with van der Waals surface area (Å²) in [6, 6.07) is 7.47. The maximum atomic E-state index is 12.4. The zero-order valence-electron chi connectivity index (χ0n) is 13.8. The summed E-state index contributed by atoms with van der Waals surface area (Å²) in [5, 5.41) is 3.01. The molecule has 126 valence electrons. The molecule has 5 atom stereocenters. The van der Waals surface area contributed by atoms with Crippen LogP contribution in [0.25, 0.3) is 0 Å². The second-order valence-corrected chi connectivity index (χ2v) is 6.79. The third-order valence-electron chi connectivity index (χ3n) is 5.24. The van der Waals surface area contributed by atoms with E-state index in [-0.39, 0.29) is 24.0 Å². The Labute approximate surface area is 137 Å². The van der Waals surface area contributed by atoms with Crippen LogP contribution in [0.5, 0.6) is 11.5 Å². The molecule has 0 spiro atoms. The zero-order valence-corrected chi connectivity index (χ0v) is 13.8. The number of ether oxygens (including phenoxy) is 2. The molecule has 23 heavy (non-hydrogen) atoms. The average Bonchev–Trinajstić information content (AvgIpc) is 3.14. The van der Waals surface area contributed by atoms with Crippen LogP contribution in [0.2, 0.25) is 0 Å². The van der Waals surface area contributed by atoms with E-state index in [4.69, 9.17) is 15.2 Å². The molecule has 0 heterocycles. The van der Waals surface area contributed by atoms with Crippen LogP contribution in [0.15, 0.2) is 24.3 Å². The van der Waals surface area contributed by atoms with Gasteiger partial charge >= 0.3 is 0 Å². The predicted molar refractivity (Wildman–Crippen MR) is 88.4 cm³/mol. The van der Waals surface area contributed by atoms with Gasteiger partial charge in [-0.2, -0.15) is 0 Å². The fraction of sp³-hybridized carbons (Fsp3) is 0.611. The summed E-state index contributed by atoms with van der Waals surface area (Å²) < 4.78 is 10.9. The molecular formula is C18H26N2O3. The van der Waals surface area contributed by atoms with E-state index in [0.717, 1.165) is 24.3 Å². The second-order valence-electron chi connectivity index (χ2n) is 6.79. The topological polar surface area (TPSA) is 73.6 Å². The zero-order chi connectivity index (χ0) is 16.4. The van der Waals surface area contributed by atoms with Gasteiger partial charge < -0.3 is 20.5 Å². The molecule has 2 fully saturated rings. The molecule has 2 aliphatic carbocycles. The van der Waals surface area contributed by atoms with E-state index in [1.807, 2.05) is 31.2 Å². The lowest BCUT2D eigenvalue weighted by molar-refractivity contribution is -0.127. The molecule has 3 rings (SSSR count). The van der Waals surface area contributed by atoms with E-state index in [9.17, 15) is 4.79 Å². The lowest BCUT2D eigenvalue weighted by Crippen LogP contribution is -2.47. The predicted octanol–water partition coefficient (Wildman–Crippen LogP) is 1.95. The number of nitrogens with two attached hydrogens (primary N) is 1. The number of carbonyl (C=O) groups excluding carboxylic acids is 1. The van der Waals surface area contributed by atoms with Crippen LogP contribution in [-0.2, 0) is 4.79 Å². The van der Waals surface area contributed by atoms with Crippen LogP contribution in [0.4, 0.5) is 0 Å². The van der Waals surface area contributed by atoms with Crippen molar-refractivity contribution in [3.8, 4) is 11.5 Å². The van der Waals surface area contributed by atoms with Gasteiger partial charge in [-0.3, -0.25) is 4.79 Å². The second kappa shape index (κ2) is 6.79. The van der Waals surface area contributed by atoms with Gasteiger partial charge in [-0.05, 0) is 62.3 Å². The van der Waals surface area contributed by atoms with Gasteiger partial charge in [0.25, 0.3) is 0 Å². The third-order valence-corrected chi connectivity index (χ3v) is 5.24. The molecule has 5 heteroatoms. The summed E-state index contributed by atoms with van der Waals surface area (Å²) in [4.78, 5) is 12.4. The maximum absolute atomic E-state index is 12.4.